The van der Waals surface area contributed by atoms with E-state index in [2.05, 4.69) is 14.9 Å². The molecule has 1 spiro atoms. The van der Waals surface area contributed by atoms with E-state index in [9.17, 15) is 0 Å². The number of piperidine rings is 1. The second-order valence-electron chi connectivity index (χ2n) is 5.92. The molecule has 0 atom stereocenters. The topological polar surface area (TPSA) is 55.0 Å². The van der Waals surface area contributed by atoms with Gasteiger partial charge in [-0.2, -0.15) is 0 Å². The lowest BCUT2D eigenvalue weighted by Crippen LogP contribution is -2.38. The van der Waals surface area contributed by atoms with Gasteiger partial charge in [-0.05, 0) is 44.2 Å². The highest BCUT2D eigenvalue weighted by Crippen LogP contribution is 2.46. The minimum atomic E-state index is 0.502. The number of nitrogens with zero attached hydrogens (tertiary/aromatic N) is 3. The van der Waals surface area contributed by atoms with E-state index < -0.39 is 0 Å². The van der Waals surface area contributed by atoms with Gasteiger partial charge < -0.3 is 5.73 Å². The fraction of sp³-hybridized carbons (Fsp3) is 0.714. The number of aromatic nitrogens is 2. The monoisotopic (exact) mass is 246 g/mol. The first-order valence-electron chi connectivity index (χ1n) is 7.05. The number of nitrogens with two attached hydrogens (primary N) is 1. The highest BCUT2D eigenvalue weighted by molar-refractivity contribution is 5.22. The van der Waals surface area contributed by atoms with Crippen LogP contribution in [-0.2, 0) is 6.54 Å². The van der Waals surface area contributed by atoms with Gasteiger partial charge in [-0.3, -0.25) is 9.88 Å². The van der Waals surface area contributed by atoms with E-state index in [1.54, 1.807) is 12.4 Å². The molecule has 2 N–H and O–H groups in total. The standard InChI is InChI=1S/C14H22N4/c15-13-10-16-12(9-17-13)11-18-7-5-14(6-8-18)3-1-2-4-14/h9-10H,1-8,11H2,(H2,15,17). The molecule has 4 nitrogen and oxygen atoms in total. The smallest absolute Gasteiger partial charge is 0.141 e. The quantitative estimate of drug-likeness (QED) is 0.869. The van der Waals surface area contributed by atoms with Crippen molar-refractivity contribution < 1.29 is 0 Å². The van der Waals surface area contributed by atoms with Crippen LogP contribution in [0.5, 0.6) is 0 Å². The molecule has 18 heavy (non-hydrogen) atoms. The van der Waals surface area contributed by atoms with Crippen LogP contribution >= 0.6 is 0 Å². The summed E-state index contributed by atoms with van der Waals surface area (Å²) in [6.45, 7) is 3.35. The van der Waals surface area contributed by atoms with Crippen molar-refractivity contribution in [3.8, 4) is 0 Å². The minimum Gasteiger partial charge on any atom is -0.382 e. The summed E-state index contributed by atoms with van der Waals surface area (Å²) in [6, 6.07) is 0. The van der Waals surface area contributed by atoms with E-state index in [0.29, 0.717) is 11.2 Å². The van der Waals surface area contributed by atoms with Crippen molar-refractivity contribution in [1.82, 2.24) is 14.9 Å². The van der Waals surface area contributed by atoms with Crippen LogP contribution in [0.25, 0.3) is 0 Å². The van der Waals surface area contributed by atoms with Crippen LogP contribution in [0, 0.1) is 5.41 Å². The fourth-order valence-corrected chi connectivity index (χ4v) is 3.49. The number of likely N-dealkylation sites (tertiary alicyclic amines) is 1. The summed E-state index contributed by atoms with van der Waals surface area (Å²) < 4.78 is 0. The van der Waals surface area contributed by atoms with Crippen molar-refractivity contribution in [3.63, 3.8) is 0 Å². The van der Waals surface area contributed by atoms with Crippen molar-refractivity contribution >= 4 is 5.82 Å². The second-order valence-corrected chi connectivity index (χ2v) is 5.92. The number of anilines is 1. The van der Waals surface area contributed by atoms with Crippen molar-refractivity contribution in [2.24, 2.45) is 5.41 Å². The maximum absolute atomic E-state index is 5.55. The summed E-state index contributed by atoms with van der Waals surface area (Å²) in [6.07, 6.45) is 12.0. The molecule has 4 heteroatoms. The molecule has 3 rings (SSSR count). The number of rotatable bonds is 2. The molecule has 2 heterocycles. The highest BCUT2D eigenvalue weighted by Gasteiger charge is 2.36. The fourth-order valence-electron chi connectivity index (χ4n) is 3.49. The normalized spacial score (nSPS) is 23.6. The lowest BCUT2D eigenvalue weighted by atomic mass is 9.77. The molecule has 2 fully saturated rings. The van der Waals surface area contributed by atoms with Crippen LogP contribution in [0.2, 0.25) is 0 Å². The third kappa shape index (κ3) is 2.48. The Morgan fingerprint density at radius 1 is 1.06 bits per heavy atom. The molecule has 1 aliphatic heterocycles. The van der Waals surface area contributed by atoms with Gasteiger partial charge in [-0.1, -0.05) is 12.8 Å². The predicted octanol–water partition coefficient (Wildman–Crippen LogP) is 2.21. The zero-order valence-electron chi connectivity index (χ0n) is 10.9. The lowest BCUT2D eigenvalue weighted by Gasteiger charge is -2.39. The lowest BCUT2D eigenvalue weighted by molar-refractivity contribution is 0.102. The highest BCUT2D eigenvalue weighted by atomic mass is 15.1. The van der Waals surface area contributed by atoms with Crippen LogP contribution in [0.3, 0.4) is 0 Å². The molecule has 0 aromatic carbocycles. The largest absolute Gasteiger partial charge is 0.382 e. The van der Waals surface area contributed by atoms with E-state index in [1.165, 1.54) is 51.6 Å². The van der Waals surface area contributed by atoms with Crippen molar-refractivity contribution in [2.75, 3.05) is 18.8 Å². The summed E-state index contributed by atoms with van der Waals surface area (Å²) in [5, 5.41) is 0. The predicted molar refractivity (Wildman–Crippen MR) is 71.9 cm³/mol. The third-order valence-electron chi connectivity index (χ3n) is 4.69. The van der Waals surface area contributed by atoms with Gasteiger partial charge in [-0.25, -0.2) is 4.98 Å². The number of nitrogen functional groups attached to an aromatic ring is 1. The number of hydrogen-bond acceptors (Lipinski definition) is 4. The van der Waals surface area contributed by atoms with E-state index in [0.717, 1.165) is 12.2 Å². The molecule has 1 saturated heterocycles. The summed E-state index contributed by atoms with van der Waals surface area (Å²) in [5.41, 5.74) is 7.28. The Hall–Kier alpha value is -1.16. The molecule has 98 valence electrons. The van der Waals surface area contributed by atoms with Gasteiger partial charge in [0.25, 0.3) is 0 Å². The first-order valence-corrected chi connectivity index (χ1v) is 7.05. The molecule has 0 unspecified atom stereocenters. The van der Waals surface area contributed by atoms with Gasteiger partial charge in [0.2, 0.25) is 0 Å². The first kappa shape index (κ1) is 11.9. The Balaban J connectivity index is 1.55. The van der Waals surface area contributed by atoms with E-state index in [-0.39, 0.29) is 0 Å². The SMILES string of the molecule is Nc1cnc(CN2CCC3(CCCC3)CC2)cn1. The minimum absolute atomic E-state index is 0.502. The maximum atomic E-state index is 5.55. The van der Waals surface area contributed by atoms with Crippen LogP contribution < -0.4 is 5.73 Å². The zero-order valence-corrected chi connectivity index (χ0v) is 10.9. The average molecular weight is 246 g/mol. The molecule has 1 saturated carbocycles. The second kappa shape index (κ2) is 4.84. The molecule has 0 bridgehead atoms. The van der Waals surface area contributed by atoms with Crippen molar-refractivity contribution in [3.05, 3.63) is 18.1 Å². The molecule has 1 aromatic rings. The Kier molecular flexibility index (Phi) is 3.20. The van der Waals surface area contributed by atoms with Crippen LogP contribution in [0.4, 0.5) is 5.82 Å². The van der Waals surface area contributed by atoms with Gasteiger partial charge in [0.05, 0.1) is 18.1 Å². The maximum Gasteiger partial charge on any atom is 0.141 e. The molecule has 1 aromatic heterocycles. The molecule has 0 amide bonds. The average Bonchev–Trinajstić information content (AvgIpc) is 2.84. The Labute approximate surface area is 109 Å². The van der Waals surface area contributed by atoms with Gasteiger partial charge in [0.15, 0.2) is 0 Å². The molecular weight excluding hydrogens is 224 g/mol. The summed E-state index contributed by atoms with van der Waals surface area (Å²) in [7, 11) is 0. The zero-order chi connectivity index (χ0) is 12.4. The van der Waals surface area contributed by atoms with Crippen LogP contribution in [0.1, 0.15) is 44.2 Å². The molecule has 1 aliphatic carbocycles. The van der Waals surface area contributed by atoms with Crippen molar-refractivity contribution in [1.29, 1.82) is 0 Å². The summed E-state index contributed by atoms with van der Waals surface area (Å²) in [4.78, 5) is 10.9. The summed E-state index contributed by atoms with van der Waals surface area (Å²) in [5.74, 6) is 0.502. The van der Waals surface area contributed by atoms with Crippen molar-refractivity contribution in [2.45, 2.75) is 45.1 Å². The number of hydrogen-bond donors (Lipinski definition) is 1. The molecule has 2 aliphatic rings. The van der Waals surface area contributed by atoms with E-state index in [4.69, 9.17) is 5.73 Å². The summed E-state index contributed by atoms with van der Waals surface area (Å²) >= 11 is 0. The van der Waals surface area contributed by atoms with Gasteiger partial charge in [0, 0.05) is 6.54 Å². The molecular formula is C14H22N4. The van der Waals surface area contributed by atoms with Crippen LogP contribution in [-0.4, -0.2) is 28.0 Å². The first-order chi connectivity index (χ1) is 8.76. The van der Waals surface area contributed by atoms with E-state index >= 15 is 0 Å². The van der Waals surface area contributed by atoms with Gasteiger partial charge >= 0.3 is 0 Å². The van der Waals surface area contributed by atoms with Gasteiger partial charge in [-0.15, -0.1) is 0 Å². The van der Waals surface area contributed by atoms with Crippen LogP contribution in [0.15, 0.2) is 12.4 Å². The van der Waals surface area contributed by atoms with Gasteiger partial charge in [0.1, 0.15) is 5.82 Å². The molecule has 0 radical (unpaired) electrons. The van der Waals surface area contributed by atoms with E-state index in [1.807, 2.05) is 0 Å². The Bertz CT molecular complexity index is 385. The Morgan fingerprint density at radius 3 is 2.39 bits per heavy atom. The Morgan fingerprint density at radius 2 is 1.78 bits per heavy atom. The third-order valence-corrected chi connectivity index (χ3v) is 4.69.